The summed E-state index contributed by atoms with van der Waals surface area (Å²) in [6.45, 7) is 5.87. The Bertz CT molecular complexity index is 1280. The lowest BCUT2D eigenvalue weighted by Crippen LogP contribution is -2.28. The molecule has 0 amide bonds. The van der Waals surface area contributed by atoms with Crippen LogP contribution in [-0.2, 0) is 0 Å². The standard InChI is InChI=1S/C22H23F2N7O2/c1-11-6-18(27-13(3)26-11)28-19-8-15-7-14(4-5-31(15)29-19)20-12(2)33-30-22(20)32-16-9-17(21(23)24)25-10-16/h4-8,16-17,21,25H,9-10H2,1-3H3,(H,26,27,28,29)/t16-,17-/m0/s1. The number of halogens is 2. The maximum Gasteiger partial charge on any atom is 0.262 e. The van der Waals surface area contributed by atoms with Crippen LogP contribution >= 0.6 is 0 Å². The molecule has 5 rings (SSSR count). The van der Waals surface area contributed by atoms with Gasteiger partial charge in [0.2, 0.25) is 0 Å². The molecule has 4 aromatic heterocycles. The summed E-state index contributed by atoms with van der Waals surface area (Å²) in [6.07, 6.45) is -0.797. The number of aryl methyl sites for hydroxylation is 3. The minimum atomic E-state index is -2.43. The number of ether oxygens (including phenoxy) is 1. The molecule has 0 radical (unpaired) electrons. The average molecular weight is 455 g/mol. The molecule has 1 aliphatic rings. The van der Waals surface area contributed by atoms with E-state index in [-0.39, 0.29) is 6.42 Å². The van der Waals surface area contributed by atoms with Crippen LogP contribution in [-0.4, -0.2) is 49.9 Å². The minimum absolute atomic E-state index is 0.210. The summed E-state index contributed by atoms with van der Waals surface area (Å²) in [6, 6.07) is 6.69. The van der Waals surface area contributed by atoms with Crippen LogP contribution in [0.1, 0.15) is 23.7 Å². The Kier molecular flexibility index (Phi) is 5.41. The summed E-state index contributed by atoms with van der Waals surface area (Å²) in [7, 11) is 0. The van der Waals surface area contributed by atoms with Gasteiger partial charge in [-0.15, -0.1) is 0 Å². The van der Waals surface area contributed by atoms with Gasteiger partial charge in [-0.05, 0) is 43.6 Å². The molecule has 5 heterocycles. The third-order valence-corrected chi connectivity index (χ3v) is 5.51. The Morgan fingerprint density at radius 3 is 2.79 bits per heavy atom. The molecule has 1 saturated heterocycles. The highest BCUT2D eigenvalue weighted by molar-refractivity contribution is 5.75. The average Bonchev–Trinajstić information content (AvgIpc) is 3.45. The number of fused-ring (bicyclic) bond motifs is 1. The first-order chi connectivity index (χ1) is 15.9. The van der Waals surface area contributed by atoms with Gasteiger partial charge in [0.15, 0.2) is 5.82 Å². The van der Waals surface area contributed by atoms with E-state index in [1.807, 2.05) is 44.3 Å². The monoisotopic (exact) mass is 455 g/mol. The number of pyridine rings is 1. The number of aromatic nitrogens is 5. The molecule has 0 aliphatic carbocycles. The number of rotatable bonds is 6. The fourth-order valence-corrected chi connectivity index (χ4v) is 4.05. The van der Waals surface area contributed by atoms with E-state index < -0.39 is 18.6 Å². The van der Waals surface area contributed by atoms with Crippen LogP contribution in [0.4, 0.5) is 20.4 Å². The highest BCUT2D eigenvalue weighted by Gasteiger charge is 2.33. The Morgan fingerprint density at radius 2 is 2.03 bits per heavy atom. The van der Waals surface area contributed by atoms with Crippen molar-refractivity contribution in [1.82, 2.24) is 30.1 Å². The minimum Gasteiger partial charge on any atom is -0.470 e. The van der Waals surface area contributed by atoms with Gasteiger partial charge < -0.3 is 19.9 Å². The number of alkyl halides is 2. The van der Waals surface area contributed by atoms with Crippen molar-refractivity contribution in [2.45, 2.75) is 45.8 Å². The normalized spacial score (nSPS) is 18.4. The SMILES string of the molecule is Cc1cc(Nc2cc3cc(-c4c(O[C@@H]5CN[C@H](C(F)F)C5)noc4C)ccn3n2)nc(C)n1. The van der Waals surface area contributed by atoms with Gasteiger partial charge in [0.05, 0.1) is 17.1 Å². The molecule has 0 bridgehead atoms. The predicted molar refractivity (Wildman–Crippen MR) is 117 cm³/mol. The summed E-state index contributed by atoms with van der Waals surface area (Å²) in [5.74, 6) is 2.86. The molecule has 9 nitrogen and oxygen atoms in total. The molecule has 1 aliphatic heterocycles. The van der Waals surface area contributed by atoms with Gasteiger partial charge in [-0.25, -0.2) is 23.3 Å². The highest BCUT2D eigenvalue weighted by atomic mass is 19.3. The van der Waals surface area contributed by atoms with Crippen molar-refractivity contribution in [1.29, 1.82) is 0 Å². The summed E-state index contributed by atoms with van der Waals surface area (Å²) in [4.78, 5) is 8.67. The van der Waals surface area contributed by atoms with Gasteiger partial charge in [0.25, 0.3) is 12.3 Å². The lowest BCUT2D eigenvalue weighted by atomic mass is 10.1. The molecule has 0 spiro atoms. The van der Waals surface area contributed by atoms with E-state index in [1.54, 1.807) is 11.4 Å². The molecule has 0 saturated carbocycles. The van der Waals surface area contributed by atoms with Gasteiger partial charge >= 0.3 is 0 Å². The number of hydrogen-bond acceptors (Lipinski definition) is 8. The molecule has 1 fully saturated rings. The van der Waals surface area contributed by atoms with Crippen molar-refractivity contribution >= 4 is 17.2 Å². The van der Waals surface area contributed by atoms with Gasteiger partial charge in [0, 0.05) is 37.0 Å². The fraction of sp³-hybridized carbons (Fsp3) is 0.364. The maximum atomic E-state index is 13.0. The predicted octanol–water partition coefficient (Wildman–Crippen LogP) is 3.82. The second-order valence-corrected chi connectivity index (χ2v) is 8.12. The summed E-state index contributed by atoms with van der Waals surface area (Å²) < 4.78 is 38.9. The van der Waals surface area contributed by atoms with Crippen molar-refractivity contribution in [3.63, 3.8) is 0 Å². The summed E-state index contributed by atoms with van der Waals surface area (Å²) in [5.41, 5.74) is 3.22. The Labute approximate surface area is 188 Å². The van der Waals surface area contributed by atoms with Crippen molar-refractivity contribution in [2.24, 2.45) is 0 Å². The Balaban J connectivity index is 1.40. The van der Waals surface area contributed by atoms with Crippen molar-refractivity contribution in [3.05, 3.63) is 47.7 Å². The fourth-order valence-electron chi connectivity index (χ4n) is 4.05. The van der Waals surface area contributed by atoms with Crippen LogP contribution in [0, 0.1) is 20.8 Å². The van der Waals surface area contributed by atoms with Crippen LogP contribution < -0.4 is 15.4 Å². The van der Waals surface area contributed by atoms with Gasteiger partial charge in [-0.2, -0.15) is 5.10 Å². The summed E-state index contributed by atoms with van der Waals surface area (Å²) >= 11 is 0. The molecular weight excluding hydrogens is 432 g/mol. The van der Waals surface area contributed by atoms with E-state index in [9.17, 15) is 8.78 Å². The molecule has 0 aromatic carbocycles. The lowest BCUT2D eigenvalue weighted by molar-refractivity contribution is 0.100. The molecule has 11 heteroatoms. The van der Waals surface area contributed by atoms with E-state index >= 15 is 0 Å². The smallest absolute Gasteiger partial charge is 0.262 e. The van der Waals surface area contributed by atoms with E-state index in [1.165, 1.54) is 0 Å². The van der Waals surface area contributed by atoms with Crippen molar-refractivity contribution in [3.8, 4) is 17.0 Å². The highest BCUT2D eigenvalue weighted by Crippen LogP contribution is 2.35. The van der Waals surface area contributed by atoms with E-state index in [4.69, 9.17) is 9.26 Å². The van der Waals surface area contributed by atoms with Gasteiger partial charge in [-0.3, -0.25) is 0 Å². The van der Waals surface area contributed by atoms with Gasteiger partial charge in [-0.1, -0.05) is 0 Å². The molecule has 4 aromatic rings. The van der Waals surface area contributed by atoms with E-state index in [2.05, 4.69) is 30.9 Å². The zero-order valence-electron chi connectivity index (χ0n) is 18.3. The van der Waals surface area contributed by atoms with Crippen LogP contribution in [0.25, 0.3) is 16.6 Å². The molecular formula is C22H23F2N7O2. The van der Waals surface area contributed by atoms with Crippen LogP contribution in [0.2, 0.25) is 0 Å². The van der Waals surface area contributed by atoms with Crippen LogP contribution in [0.15, 0.2) is 35.0 Å². The second kappa shape index (κ2) is 8.39. The largest absolute Gasteiger partial charge is 0.470 e. The Hall–Kier alpha value is -3.60. The first-order valence-electron chi connectivity index (χ1n) is 10.6. The zero-order chi connectivity index (χ0) is 23.1. The van der Waals surface area contributed by atoms with Gasteiger partial charge in [0.1, 0.15) is 23.5 Å². The quantitative estimate of drug-likeness (QED) is 0.452. The Morgan fingerprint density at radius 1 is 1.18 bits per heavy atom. The number of nitrogens with zero attached hydrogens (tertiary/aromatic N) is 5. The van der Waals surface area contributed by atoms with Crippen LogP contribution in [0.3, 0.4) is 0 Å². The first kappa shape index (κ1) is 21.3. The molecule has 2 N–H and O–H groups in total. The molecule has 172 valence electrons. The molecule has 2 atom stereocenters. The topological polar surface area (TPSA) is 102 Å². The van der Waals surface area contributed by atoms with E-state index in [0.29, 0.717) is 41.2 Å². The third kappa shape index (κ3) is 4.36. The molecule has 0 unspecified atom stereocenters. The maximum absolute atomic E-state index is 13.0. The lowest BCUT2D eigenvalue weighted by Gasteiger charge is -2.12. The first-order valence-corrected chi connectivity index (χ1v) is 10.6. The van der Waals surface area contributed by atoms with Crippen molar-refractivity contribution < 1.29 is 18.0 Å². The zero-order valence-corrected chi connectivity index (χ0v) is 18.3. The van der Waals surface area contributed by atoms with Crippen molar-refractivity contribution in [2.75, 3.05) is 11.9 Å². The summed E-state index contributed by atoms with van der Waals surface area (Å²) in [5, 5.41) is 14.6. The molecule has 33 heavy (non-hydrogen) atoms. The van der Waals surface area contributed by atoms with E-state index in [0.717, 1.165) is 16.8 Å². The number of anilines is 2. The second-order valence-electron chi connectivity index (χ2n) is 8.12. The number of hydrogen-bond donors (Lipinski definition) is 2. The van der Waals surface area contributed by atoms with Crippen LogP contribution in [0.5, 0.6) is 5.88 Å². The third-order valence-electron chi connectivity index (χ3n) is 5.51. The number of nitrogens with one attached hydrogen (secondary N) is 2.